The first-order valence-electron chi connectivity index (χ1n) is 4.57. The van der Waals surface area contributed by atoms with Crippen LogP contribution < -0.4 is 5.32 Å². The lowest BCUT2D eigenvalue weighted by atomic mass is 10.4. The first-order valence-corrected chi connectivity index (χ1v) is 5.45. The highest BCUT2D eigenvalue weighted by Crippen LogP contribution is 2.31. The summed E-state index contributed by atoms with van der Waals surface area (Å²) in [7, 11) is 0. The summed E-state index contributed by atoms with van der Waals surface area (Å²) < 4.78 is 36.8. The SMILES string of the molecule is O=C(Nc1nc(C(F)(F)F)cs1)c1cnccn1. The molecule has 0 aliphatic carbocycles. The van der Waals surface area contributed by atoms with Crippen LogP contribution in [0.2, 0.25) is 0 Å². The van der Waals surface area contributed by atoms with E-state index in [1.165, 1.54) is 18.6 Å². The molecule has 0 atom stereocenters. The van der Waals surface area contributed by atoms with Crippen molar-refractivity contribution in [1.82, 2.24) is 15.0 Å². The van der Waals surface area contributed by atoms with Gasteiger partial charge in [-0.25, -0.2) is 9.97 Å². The number of nitrogens with zero attached hydrogens (tertiary/aromatic N) is 3. The maximum Gasteiger partial charge on any atom is 0.434 e. The van der Waals surface area contributed by atoms with Crippen LogP contribution in [0.15, 0.2) is 24.0 Å². The van der Waals surface area contributed by atoms with Crippen LogP contribution in [0.4, 0.5) is 18.3 Å². The Hall–Kier alpha value is -2.03. The van der Waals surface area contributed by atoms with Gasteiger partial charge in [-0.2, -0.15) is 13.2 Å². The standard InChI is InChI=1S/C9H5F3N4OS/c10-9(11,12)6-4-18-8(15-6)16-7(17)5-3-13-1-2-14-5/h1-4H,(H,15,16,17). The van der Waals surface area contributed by atoms with Crippen LogP contribution in [0.25, 0.3) is 0 Å². The molecule has 9 heteroatoms. The van der Waals surface area contributed by atoms with E-state index in [9.17, 15) is 18.0 Å². The van der Waals surface area contributed by atoms with Gasteiger partial charge >= 0.3 is 6.18 Å². The first kappa shape index (κ1) is 12.4. The van der Waals surface area contributed by atoms with Crippen LogP contribution in [0.1, 0.15) is 16.2 Å². The number of hydrogen-bond acceptors (Lipinski definition) is 5. The van der Waals surface area contributed by atoms with Crippen molar-refractivity contribution in [2.24, 2.45) is 0 Å². The van der Waals surface area contributed by atoms with E-state index in [0.717, 1.165) is 5.38 Å². The monoisotopic (exact) mass is 274 g/mol. The van der Waals surface area contributed by atoms with Crippen LogP contribution in [0, 0.1) is 0 Å². The van der Waals surface area contributed by atoms with Crippen molar-refractivity contribution in [2.75, 3.05) is 5.32 Å². The molecular formula is C9H5F3N4OS. The van der Waals surface area contributed by atoms with Crippen LogP contribution >= 0.6 is 11.3 Å². The number of nitrogens with one attached hydrogen (secondary N) is 1. The van der Waals surface area contributed by atoms with Gasteiger partial charge in [-0.05, 0) is 0 Å². The summed E-state index contributed by atoms with van der Waals surface area (Å²) in [6.07, 6.45) is -0.639. The molecular weight excluding hydrogens is 269 g/mol. The largest absolute Gasteiger partial charge is 0.434 e. The Balaban J connectivity index is 2.11. The zero-order valence-corrected chi connectivity index (χ0v) is 9.42. The van der Waals surface area contributed by atoms with E-state index in [0.29, 0.717) is 11.3 Å². The molecule has 2 rings (SSSR count). The van der Waals surface area contributed by atoms with E-state index < -0.39 is 17.8 Å². The third kappa shape index (κ3) is 2.80. The molecule has 5 nitrogen and oxygen atoms in total. The van der Waals surface area contributed by atoms with Crippen molar-refractivity contribution < 1.29 is 18.0 Å². The molecule has 2 heterocycles. The fraction of sp³-hybridized carbons (Fsp3) is 0.111. The maximum atomic E-state index is 12.3. The average molecular weight is 274 g/mol. The lowest BCUT2D eigenvalue weighted by Crippen LogP contribution is -2.14. The Labute approximate surface area is 103 Å². The van der Waals surface area contributed by atoms with Gasteiger partial charge in [0, 0.05) is 17.8 Å². The van der Waals surface area contributed by atoms with Gasteiger partial charge in [-0.15, -0.1) is 11.3 Å². The molecule has 94 valence electrons. The summed E-state index contributed by atoms with van der Waals surface area (Å²) in [5, 5.41) is 2.90. The van der Waals surface area contributed by atoms with E-state index in [4.69, 9.17) is 0 Å². The molecule has 0 fully saturated rings. The smallest absolute Gasteiger partial charge is 0.296 e. The van der Waals surface area contributed by atoms with Crippen molar-refractivity contribution in [3.63, 3.8) is 0 Å². The number of carbonyl (C=O) groups is 1. The summed E-state index contributed by atoms with van der Waals surface area (Å²) in [6, 6.07) is 0. The zero-order chi connectivity index (χ0) is 13.2. The number of hydrogen-bond donors (Lipinski definition) is 1. The molecule has 2 aromatic heterocycles. The Bertz CT molecular complexity index is 554. The highest BCUT2D eigenvalue weighted by atomic mass is 32.1. The number of alkyl halides is 3. The molecule has 0 saturated heterocycles. The molecule has 0 radical (unpaired) electrons. The van der Waals surface area contributed by atoms with Crippen LogP contribution in [0.5, 0.6) is 0 Å². The molecule has 0 spiro atoms. The van der Waals surface area contributed by atoms with Crippen molar-refractivity contribution >= 4 is 22.4 Å². The molecule has 0 aromatic carbocycles. The Morgan fingerprint density at radius 3 is 2.67 bits per heavy atom. The number of aromatic nitrogens is 3. The number of thiazole rings is 1. The quantitative estimate of drug-likeness (QED) is 0.911. The molecule has 0 saturated carbocycles. The second kappa shape index (κ2) is 4.69. The van der Waals surface area contributed by atoms with Gasteiger partial charge in [-0.3, -0.25) is 15.1 Å². The third-order valence-electron chi connectivity index (χ3n) is 1.81. The predicted octanol–water partition coefficient (Wildman–Crippen LogP) is 2.20. The van der Waals surface area contributed by atoms with Crippen LogP contribution in [-0.2, 0) is 6.18 Å². The third-order valence-corrected chi connectivity index (χ3v) is 2.57. The topological polar surface area (TPSA) is 67.8 Å². The van der Waals surface area contributed by atoms with Crippen molar-refractivity contribution in [2.45, 2.75) is 6.18 Å². The summed E-state index contributed by atoms with van der Waals surface area (Å²) in [6.45, 7) is 0. The van der Waals surface area contributed by atoms with E-state index >= 15 is 0 Å². The minimum absolute atomic E-state index is 0.00117. The normalized spacial score (nSPS) is 11.3. The summed E-state index contributed by atoms with van der Waals surface area (Å²) >= 11 is 0.688. The summed E-state index contributed by atoms with van der Waals surface area (Å²) in [5.74, 6) is -0.661. The highest BCUT2D eigenvalue weighted by Gasteiger charge is 2.33. The van der Waals surface area contributed by atoms with Gasteiger partial charge in [0.1, 0.15) is 5.69 Å². The van der Waals surface area contributed by atoms with Gasteiger partial charge in [-0.1, -0.05) is 0 Å². The van der Waals surface area contributed by atoms with Gasteiger partial charge in [0.2, 0.25) is 0 Å². The highest BCUT2D eigenvalue weighted by molar-refractivity contribution is 7.14. The second-order valence-corrected chi connectivity index (χ2v) is 3.94. The van der Waals surface area contributed by atoms with E-state index in [2.05, 4.69) is 20.3 Å². The minimum Gasteiger partial charge on any atom is -0.296 e. The van der Waals surface area contributed by atoms with E-state index in [1.54, 1.807) is 0 Å². The lowest BCUT2D eigenvalue weighted by molar-refractivity contribution is -0.140. The molecule has 1 N–H and O–H groups in total. The zero-order valence-electron chi connectivity index (χ0n) is 8.60. The Morgan fingerprint density at radius 2 is 2.11 bits per heavy atom. The lowest BCUT2D eigenvalue weighted by Gasteiger charge is -2.01. The molecule has 0 aliphatic rings. The molecule has 0 unspecified atom stereocenters. The second-order valence-electron chi connectivity index (χ2n) is 3.08. The van der Waals surface area contributed by atoms with E-state index in [-0.39, 0.29) is 10.8 Å². The van der Waals surface area contributed by atoms with Crippen molar-refractivity contribution in [3.05, 3.63) is 35.4 Å². The summed E-state index contributed by atoms with van der Waals surface area (Å²) in [5.41, 5.74) is -1.04. The number of rotatable bonds is 2. The molecule has 2 aromatic rings. The molecule has 0 bridgehead atoms. The van der Waals surface area contributed by atoms with Crippen molar-refractivity contribution in [3.8, 4) is 0 Å². The number of anilines is 1. The number of halogens is 3. The van der Waals surface area contributed by atoms with Gasteiger partial charge in [0.25, 0.3) is 5.91 Å². The molecule has 18 heavy (non-hydrogen) atoms. The fourth-order valence-corrected chi connectivity index (χ4v) is 1.75. The molecule has 0 aliphatic heterocycles. The van der Waals surface area contributed by atoms with Crippen molar-refractivity contribution in [1.29, 1.82) is 0 Å². The Morgan fingerprint density at radius 1 is 1.33 bits per heavy atom. The Kier molecular flexibility index (Phi) is 3.24. The number of amides is 1. The van der Waals surface area contributed by atoms with Gasteiger partial charge in [0.05, 0.1) is 6.20 Å². The summed E-state index contributed by atoms with van der Waals surface area (Å²) in [4.78, 5) is 22.2. The van der Waals surface area contributed by atoms with Gasteiger partial charge in [0.15, 0.2) is 10.8 Å². The van der Waals surface area contributed by atoms with E-state index in [1.807, 2.05) is 0 Å². The molecule has 1 amide bonds. The van der Waals surface area contributed by atoms with Crippen LogP contribution in [-0.4, -0.2) is 20.9 Å². The van der Waals surface area contributed by atoms with Gasteiger partial charge < -0.3 is 0 Å². The first-order chi connectivity index (χ1) is 8.47. The minimum atomic E-state index is -4.52. The predicted molar refractivity (Wildman–Crippen MR) is 57.1 cm³/mol. The fourth-order valence-electron chi connectivity index (χ4n) is 1.04. The van der Waals surface area contributed by atoms with Crippen LogP contribution in [0.3, 0.4) is 0 Å². The number of carbonyl (C=O) groups excluding carboxylic acids is 1. The maximum absolute atomic E-state index is 12.3. The average Bonchev–Trinajstić information content (AvgIpc) is 2.78.